The van der Waals surface area contributed by atoms with Gasteiger partial charge in [-0.3, -0.25) is 0 Å². The molecule has 0 bridgehead atoms. The van der Waals surface area contributed by atoms with E-state index in [9.17, 15) is 0 Å². The monoisotopic (exact) mass is 251 g/mol. The molecule has 102 valence electrons. The number of hydrogen-bond acceptors (Lipinski definition) is 3. The highest BCUT2D eigenvalue weighted by molar-refractivity contribution is 5.46. The maximum Gasteiger partial charge on any atom is 0.122 e. The normalized spacial score (nSPS) is 11.4. The molecule has 0 aliphatic carbocycles. The fourth-order valence-corrected chi connectivity index (χ4v) is 1.88. The van der Waals surface area contributed by atoms with Crippen molar-refractivity contribution in [3.63, 3.8) is 0 Å². The molecule has 0 fully saturated rings. The summed E-state index contributed by atoms with van der Waals surface area (Å²) in [5.74, 6) is 1.87. The summed E-state index contributed by atoms with van der Waals surface area (Å²) in [5.41, 5.74) is 2.43. The smallest absolute Gasteiger partial charge is 0.122 e. The molecule has 1 rings (SSSR count). The van der Waals surface area contributed by atoms with Gasteiger partial charge in [0.2, 0.25) is 0 Å². The van der Waals surface area contributed by atoms with Crippen LogP contribution in [-0.4, -0.2) is 26.8 Å². The Morgan fingerprint density at radius 3 is 2.22 bits per heavy atom. The largest absolute Gasteiger partial charge is 0.496 e. The summed E-state index contributed by atoms with van der Waals surface area (Å²) >= 11 is 0. The topological polar surface area (TPSA) is 30.5 Å². The van der Waals surface area contributed by atoms with E-state index in [0.29, 0.717) is 0 Å². The first-order valence-electron chi connectivity index (χ1n) is 6.34. The molecule has 0 spiro atoms. The van der Waals surface area contributed by atoms with Gasteiger partial charge in [-0.15, -0.1) is 0 Å². The molecule has 0 aliphatic rings. The maximum atomic E-state index is 5.45. The first-order valence-corrected chi connectivity index (χ1v) is 6.34. The Kier molecular flexibility index (Phi) is 5.03. The molecule has 0 amide bonds. The van der Waals surface area contributed by atoms with Crippen molar-refractivity contribution in [1.29, 1.82) is 0 Å². The van der Waals surface area contributed by atoms with Crippen LogP contribution in [0.3, 0.4) is 0 Å². The lowest BCUT2D eigenvalue weighted by atomic mass is 9.94. The molecule has 0 saturated carbocycles. The van der Waals surface area contributed by atoms with Crippen molar-refractivity contribution >= 4 is 0 Å². The first-order chi connectivity index (χ1) is 8.43. The Labute approximate surface area is 110 Å². The van der Waals surface area contributed by atoms with Crippen LogP contribution in [0.15, 0.2) is 12.1 Å². The molecule has 1 N–H and O–H groups in total. The first kappa shape index (κ1) is 14.8. The van der Waals surface area contributed by atoms with E-state index in [1.165, 1.54) is 5.56 Å². The van der Waals surface area contributed by atoms with Gasteiger partial charge in [0, 0.05) is 5.54 Å². The van der Waals surface area contributed by atoms with Gasteiger partial charge in [-0.05, 0) is 63.9 Å². The number of benzene rings is 1. The van der Waals surface area contributed by atoms with Gasteiger partial charge in [-0.1, -0.05) is 0 Å². The predicted octanol–water partition coefficient (Wildman–Crippen LogP) is 2.94. The van der Waals surface area contributed by atoms with Gasteiger partial charge < -0.3 is 14.8 Å². The lowest BCUT2D eigenvalue weighted by molar-refractivity contribution is 0.377. The lowest BCUT2D eigenvalue weighted by Gasteiger charge is -2.24. The minimum atomic E-state index is 0.128. The third-order valence-corrected chi connectivity index (χ3v) is 3.49. The van der Waals surface area contributed by atoms with Gasteiger partial charge >= 0.3 is 0 Å². The fraction of sp³-hybridized carbons (Fsp3) is 0.600. The van der Waals surface area contributed by atoms with Gasteiger partial charge in [0.15, 0.2) is 0 Å². The molecule has 0 aromatic heterocycles. The van der Waals surface area contributed by atoms with Gasteiger partial charge in [0.25, 0.3) is 0 Å². The van der Waals surface area contributed by atoms with E-state index in [1.807, 2.05) is 20.0 Å². The maximum absolute atomic E-state index is 5.45. The SMILES string of the molecule is CNC(C)(C)CCc1cc(OC)c(C)cc1OC. The zero-order valence-electron chi connectivity index (χ0n) is 12.4. The Morgan fingerprint density at radius 1 is 1.11 bits per heavy atom. The highest BCUT2D eigenvalue weighted by Gasteiger charge is 2.16. The van der Waals surface area contributed by atoms with Gasteiger partial charge in [-0.25, -0.2) is 0 Å². The van der Waals surface area contributed by atoms with Gasteiger partial charge in [0.05, 0.1) is 14.2 Å². The standard InChI is InChI=1S/C15H25NO2/c1-11-9-14(18-6)12(10-13(11)17-5)7-8-15(2,3)16-4/h9-10,16H,7-8H2,1-6H3. The average Bonchev–Trinajstić information content (AvgIpc) is 2.36. The van der Waals surface area contributed by atoms with Gasteiger partial charge in [-0.2, -0.15) is 0 Å². The van der Waals surface area contributed by atoms with Crippen molar-refractivity contribution in [2.75, 3.05) is 21.3 Å². The van der Waals surface area contributed by atoms with Crippen LogP contribution in [0.4, 0.5) is 0 Å². The zero-order valence-corrected chi connectivity index (χ0v) is 12.4. The Bertz CT molecular complexity index is 400. The number of ether oxygens (including phenoxy) is 2. The molecule has 3 nitrogen and oxygen atoms in total. The lowest BCUT2D eigenvalue weighted by Crippen LogP contribution is -2.36. The zero-order chi connectivity index (χ0) is 13.8. The highest BCUT2D eigenvalue weighted by Crippen LogP contribution is 2.30. The minimum Gasteiger partial charge on any atom is -0.496 e. The molecule has 3 heteroatoms. The number of aryl methyl sites for hydroxylation is 2. The van der Waals surface area contributed by atoms with Crippen LogP contribution in [0.25, 0.3) is 0 Å². The second kappa shape index (κ2) is 6.10. The highest BCUT2D eigenvalue weighted by atomic mass is 16.5. The molecule has 0 atom stereocenters. The van der Waals surface area contributed by atoms with Crippen molar-refractivity contribution in [2.45, 2.75) is 39.2 Å². The summed E-state index contributed by atoms with van der Waals surface area (Å²) in [6.45, 7) is 6.43. The summed E-state index contributed by atoms with van der Waals surface area (Å²) in [7, 11) is 5.41. The third-order valence-electron chi connectivity index (χ3n) is 3.49. The predicted molar refractivity (Wildman–Crippen MR) is 75.7 cm³/mol. The summed E-state index contributed by atoms with van der Waals surface area (Å²) in [4.78, 5) is 0. The van der Waals surface area contributed by atoms with Crippen LogP contribution in [0.1, 0.15) is 31.4 Å². The summed E-state index contributed by atoms with van der Waals surface area (Å²) in [6, 6.07) is 4.13. The molecule has 18 heavy (non-hydrogen) atoms. The Morgan fingerprint density at radius 2 is 1.72 bits per heavy atom. The average molecular weight is 251 g/mol. The molecule has 1 aromatic carbocycles. The second-order valence-corrected chi connectivity index (χ2v) is 5.27. The molecule has 0 aliphatic heterocycles. The molecule has 0 saturated heterocycles. The van der Waals surface area contributed by atoms with Crippen molar-refractivity contribution in [3.8, 4) is 11.5 Å². The molecule has 0 heterocycles. The van der Waals surface area contributed by atoms with Crippen molar-refractivity contribution < 1.29 is 9.47 Å². The van der Waals surface area contributed by atoms with Crippen molar-refractivity contribution in [2.24, 2.45) is 0 Å². The van der Waals surface area contributed by atoms with Crippen LogP contribution in [-0.2, 0) is 6.42 Å². The summed E-state index contributed by atoms with van der Waals surface area (Å²) < 4.78 is 10.8. The summed E-state index contributed by atoms with van der Waals surface area (Å²) in [6.07, 6.45) is 2.01. The van der Waals surface area contributed by atoms with E-state index >= 15 is 0 Å². The third kappa shape index (κ3) is 3.64. The van der Waals surface area contributed by atoms with Crippen LogP contribution >= 0.6 is 0 Å². The molecule has 0 radical (unpaired) electrons. The van der Waals surface area contributed by atoms with Crippen molar-refractivity contribution in [1.82, 2.24) is 5.32 Å². The number of rotatable bonds is 6. The van der Waals surface area contributed by atoms with E-state index < -0.39 is 0 Å². The number of nitrogens with one attached hydrogen (secondary N) is 1. The van der Waals surface area contributed by atoms with Crippen LogP contribution < -0.4 is 14.8 Å². The quantitative estimate of drug-likeness (QED) is 0.843. The van der Waals surface area contributed by atoms with E-state index in [0.717, 1.165) is 29.9 Å². The minimum absolute atomic E-state index is 0.128. The van der Waals surface area contributed by atoms with E-state index in [1.54, 1.807) is 14.2 Å². The van der Waals surface area contributed by atoms with E-state index in [2.05, 4.69) is 25.2 Å². The van der Waals surface area contributed by atoms with Crippen LogP contribution in [0, 0.1) is 6.92 Å². The Hall–Kier alpha value is -1.22. The second-order valence-electron chi connectivity index (χ2n) is 5.27. The van der Waals surface area contributed by atoms with Crippen LogP contribution in [0.5, 0.6) is 11.5 Å². The summed E-state index contributed by atoms with van der Waals surface area (Å²) in [5, 5.41) is 3.32. The fourth-order valence-electron chi connectivity index (χ4n) is 1.88. The molecule has 0 unspecified atom stereocenters. The molecular weight excluding hydrogens is 226 g/mol. The molecular formula is C15H25NO2. The number of hydrogen-bond donors (Lipinski definition) is 1. The number of methoxy groups -OCH3 is 2. The van der Waals surface area contributed by atoms with E-state index in [4.69, 9.17) is 9.47 Å². The molecule has 1 aromatic rings. The van der Waals surface area contributed by atoms with E-state index in [-0.39, 0.29) is 5.54 Å². The van der Waals surface area contributed by atoms with Gasteiger partial charge in [0.1, 0.15) is 11.5 Å². The van der Waals surface area contributed by atoms with Crippen LogP contribution in [0.2, 0.25) is 0 Å². The Balaban J connectivity index is 2.93. The van der Waals surface area contributed by atoms with Crippen molar-refractivity contribution in [3.05, 3.63) is 23.3 Å².